The van der Waals surface area contributed by atoms with Crippen molar-refractivity contribution in [2.45, 2.75) is 13.8 Å². The number of para-hydroxylation sites is 2. The minimum atomic E-state index is 0.0886. The first-order valence-electron chi connectivity index (χ1n) is 9.16. The largest absolute Gasteiger partial charge is 0.495 e. The molecule has 0 unspecified atom stereocenters. The molecule has 1 amide bonds. The zero-order valence-electron chi connectivity index (χ0n) is 16.1. The number of hydrogen-bond acceptors (Lipinski definition) is 4. The molecule has 2 aromatic carbocycles. The van der Waals surface area contributed by atoms with Crippen molar-refractivity contribution in [1.82, 2.24) is 4.90 Å². The van der Waals surface area contributed by atoms with Crippen LogP contribution in [0.1, 0.15) is 11.1 Å². The smallest absolute Gasteiger partial charge is 0.241 e. The number of anilines is 2. The van der Waals surface area contributed by atoms with Crippen molar-refractivity contribution in [2.75, 3.05) is 50.1 Å². The van der Waals surface area contributed by atoms with Crippen molar-refractivity contribution >= 4 is 28.9 Å². The number of nitrogens with one attached hydrogen (secondary N) is 1. The molecule has 1 aliphatic heterocycles. The summed E-state index contributed by atoms with van der Waals surface area (Å²) < 4.78 is 5.45. The molecule has 3 rings (SSSR count). The van der Waals surface area contributed by atoms with E-state index in [1.807, 2.05) is 43.0 Å². The summed E-state index contributed by atoms with van der Waals surface area (Å²) in [6.07, 6.45) is 0. The van der Waals surface area contributed by atoms with E-state index in [1.54, 1.807) is 7.11 Å². The van der Waals surface area contributed by atoms with Gasteiger partial charge in [-0.3, -0.25) is 4.79 Å². The van der Waals surface area contributed by atoms with Crippen LogP contribution in [0.15, 0.2) is 36.4 Å². The van der Waals surface area contributed by atoms with Crippen molar-refractivity contribution in [3.05, 3.63) is 52.5 Å². The SMILES string of the molecule is COc1ccccc1N1CCN(C(=O)CNc2c(C)cc(C)cc2Cl)CC1. The van der Waals surface area contributed by atoms with Gasteiger partial charge in [-0.15, -0.1) is 0 Å². The molecule has 27 heavy (non-hydrogen) atoms. The molecule has 1 fully saturated rings. The Bertz CT molecular complexity index is 794. The first kappa shape index (κ1) is 19.4. The number of methoxy groups -OCH3 is 1. The van der Waals surface area contributed by atoms with Crippen molar-refractivity contribution in [3.63, 3.8) is 0 Å². The van der Waals surface area contributed by atoms with Gasteiger partial charge < -0.3 is 19.9 Å². The molecule has 6 heteroatoms. The van der Waals surface area contributed by atoms with Crippen molar-refractivity contribution in [3.8, 4) is 5.75 Å². The van der Waals surface area contributed by atoms with E-state index < -0.39 is 0 Å². The van der Waals surface area contributed by atoms with E-state index in [0.29, 0.717) is 18.1 Å². The third-order valence-electron chi connectivity index (χ3n) is 4.91. The molecule has 5 nitrogen and oxygen atoms in total. The van der Waals surface area contributed by atoms with E-state index in [1.165, 1.54) is 0 Å². The third kappa shape index (κ3) is 4.48. The maximum atomic E-state index is 12.6. The van der Waals surface area contributed by atoms with Gasteiger partial charge in [0.25, 0.3) is 0 Å². The van der Waals surface area contributed by atoms with Gasteiger partial charge in [0.2, 0.25) is 5.91 Å². The number of aryl methyl sites for hydroxylation is 2. The first-order valence-corrected chi connectivity index (χ1v) is 9.53. The number of hydrogen-bond donors (Lipinski definition) is 1. The molecule has 0 bridgehead atoms. The van der Waals surface area contributed by atoms with Gasteiger partial charge in [0.05, 0.1) is 30.1 Å². The highest BCUT2D eigenvalue weighted by atomic mass is 35.5. The van der Waals surface area contributed by atoms with Gasteiger partial charge in [0.15, 0.2) is 0 Å². The average molecular weight is 388 g/mol. The zero-order valence-corrected chi connectivity index (χ0v) is 16.8. The number of halogens is 1. The Morgan fingerprint density at radius 3 is 2.52 bits per heavy atom. The quantitative estimate of drug-likeness (QED) is 0.849. The summed E-state index contributed by atoms with van der Waals surface area (Å²) >= 11 is 6.31. The molecule has 2 aromatic rings. The first-order chi connectivity index (χ1) is 13.0. The minimum absolute atomic E-state index is 0.0886. The minimum Gasteiger partial charge on any atom is -0.495 e. The van der Waals surface area contributed by atoms with Crippen molar-refractivity contribution < 1.29 is 9.53 Å². The maximum absolute atomic E-state index is 12.6. The van der Waals surface area contributed by atoms with Crippen LogP contribution in [0.4, 0.5) is 11.4 Å². The molecule has 0 aliphatic carbocycles. The van der Waals surface area contributed by atoms with E-state index in [4.69, 9.17) is 16.3 Å². The molecular weight excluding hydrogens is 362 g/mol. The number of carbonyl (C=O) groups is 1. The van der Waals surface area contributed by atoms with Crippen LogP contribution in [0.2, 0.25) is 5.02 Å². The summed E-state index contributed by atoms with van der Waals surface area (Å²) in [6, 6.07) is 12.0. The lowest BCUT2D eigenvalue weighted by Crippen LogP contribution is -2.50. The maximum Gasteiger partial charge on any atom is 0.241 e. The Hall–Kier alpha value is -2.40. The summed E-state index contributed by atoms with van der Waals surface area (Å²) in [5.74, 6) is 0.953. The predicted octanol–water partition coefficient (Wildman–Crippen LogP) is 3.73. The molecule has 0 saturated carbocycles. The summed E-state index contributed by atoms with van der Waals surface area (Å²) in [6.45, 7) is 7.22. The van der Waals surface area contributed by atoms with Crippen LogP contribution in [0.5, 0.6) is 5.75 Å². The number of ether oxygens (including phenoxy) is 1. The van der Waals surface area contributed by atoms with E-state index in [9.17, 15) is 4.79 Å². The Balaban J connectivity index is 1.56. The van der Waals surface area contributed by atoms with Crippen molar-refractivity contribution in [1.29, 1.82) is 0 Å². The molecule has 0 aromatic heterocycles. The predicted molar refractivity (Wildman–Crippen MR) is 111 cm³/mol. The monoisotopic (exact) mass is 387 g/mol. The van der Waals surface area contributed by atoms with Crippen LogP contribution in [0.3, 0.4) is 0 Å². The van der Waals surface area contributed by atoms with Gasteiger partial charge in [0.1, 0.15) is 5.75 Å². The number of carbonyl (C=O) groups excluding carboxylic acids is 1. The molecule has 1 saturated heterocycles. The van der Waals surface area contributed by atoms with Gasteiger partial charge in [-0.25, -0.2) is 0 Å². The standard InChI is InChI=1S/C21H26ClN3O2/c1-15-12-16(2)21(17(22)13-15)23-14-20(26)25-10-8-24(9-11-25)18-6-4-5-7-19(18)27-3/h4-7,12-13,23H,8-11,14H2,1-3H3. The van der Waals surface area contributed by atoms with Crippen LogP contribution >= 0.6 is 11.6 Å². The van der Waals surface area contributed by atoms with Crippen molar-refractivity contribution in [2.24, 2.45) is 0 Å². The third-order valence-corrected chi connectivity index (χ3v) is 5.20. The van der Waals surface area contributed by atoms with Crippen LogP contribution in [-0.4, -0.2) is 50.6 Å². The Labute approximate surface area is 165 Å². The molecular formula is C21H26ClN3O2. The Morgan fingerprint density at radius 2 is 1.85 bits per heavy atom. The molecule has 1 N–H and O–H groups in total. The number of rotatable bonds is 5. The second-order valence-corrected chi connectivity index (χ2v) is 7.24. The fourth-order valence-electron chi connectivity index (χ4n) is 3.50. The number of benzene rings is 2. The topological polar surface area (TPSA) is 44.8 Å². The normalized spacial score (nSPS) is 14.2. The summed E-state index contributed by atoms with van der Waals surface area (Å²) in [7, 11) is 1.68. The lowest BCUT2D eigenvalue weighted by Gasteiger charge is -2.36. The lowest BCUT2D eigenvalue weighted by molar-refractivity contribution is -0.129. The van der Waals surface area contributed by atoms with Crippen LogP contribution < -0.4 is 15.0 Å². The lowest BCUT2D eigenvalue weighted by atomic mass is 10.1. The molecule has 1 aliphatic rings. The van der Waals surface area contributed by atoms with E-state index in [0.717, 1.165) is 41.3 Å². The Kier molecular flexibility index (Phi) is 6.11. The number of piperazine rings is 1. The van der Waals surface area contributed by atoms with E-state index in [-0.39, 0.29) is 12.5 Å². The molecule has 0 spiro atoms. The fraction of sp³-hybridized carbons (Fsp3) is 0.381. The van der Waals surface area contributed by atoms with Crippen LogP contribution in [-0.2, 0) is 4.79 Å². The fourth-order valence-corrected chi connectivity index (χ4v) is 3.89. The molecule has 0 radical (unpaired) electrons. The highest BCUT2D eigenvalue weighted by Crippen LogP contribution is 2.29. The highest BCUT2D eigenvalue weighted by Gasteiger charge is 2.22. The van der Waals surface area contributed by atoms with Gasteiger partial charge in [0, 0.05) is 26.2 Å². The number of nitrogens with zero attached hydrogens (tertiary/aromatic N) is 2. The molecule has 1 heterocycles. The van der Waals surface area contributed by atoms with E-state index >= 15 is 0 Å². The second kappa shape index (κ2) is 8.53. The van der Waals surface area contributed by atoms with Gasteiger partial charge in [-0.2, -0.15) is 0 Å². The summed E-state index contributed by atoms with van der Waals surface area (Å²) in [5.41, 5.74) is 4.08. The molecule has 144 valence electrons. The zero-order chi connectivity index (χ0) is 19.4. The highest BCUT2D eigenvalue weighted by molar-refractivity contribution is 6.33. The number of amides is 1. The second-order valence-electron chi connectivity index (χ2n) is 6.83. The van der Waals surface area contributed by atoms with Gasteiger partial charge >= 0.3 is 0 Å². The molecule has 0 atom stereocenters. The van der Waals surface area contributed by atoms with Gasteiger partial charge in [-0.1, -0.05) is 29.8 Å². The Morgan fingerprint density at radius 1 is 1.15 bits per heavy atom. The van der Waals surface area contributed by atoms with Gasteiger partial charge in [-0.05, 0) is 43.2 Å². The van der Waals surface area contributed by atoms with Crippen LogP contribution in [0.25, 0.3) is 0 Å². The summed E-state index contributed by atoms with van der Waals surface area (Å²) in [5, 5.41) is 3.86. The van der Waals surface area contributed by atoms with Crippen LogP contribution in [0, 0.1) is 13.8 Å². The average Bonchev–Trinajstić information content (AvgIpc) is 2.67. The van der Waals surface area contributed by atoms with E-state index in [2.05, 4.69) is 22.3 Å². The summed E-state index contributed by atoms with van der Waals surface area (Å²) in [4.78, 5) is 16.8.